The maximum Gasteiger partial charge on any atom is 0.403 e. The van der Waals surface area contributed by atoms with Crippen LogP contribution >= 0.6 is 0 Å². The molecular formula is C14H16F3NO2. The summed E-state index contributed by atoms with van der Waals surface area (Å²) >= 11 is 0. The SMILES string of the molecule is CC1CCc2ccccc2N1CC(C(=O)O)C(F)(F)F. The monoisotopic (exact) mass is 287 g/mol. The summed E-state index contributed by atoms with van der Waals surface area (Å²) in [6, 6.07) is 7.12. The Morgan fingerprint density at radius 3 is 2.70 bits per heavy atom. The van der Waals surface area contributed by atoms with Crippen LogP contribution in [0.3, 0.4) is 0 Å². The Balaban J connectivity index is 2.30. The molecule has 110 valence electrons. The zero-order chi connectivity index (χ0) is 14.9. The number of anilines is 1. The summed E-state index contributed by atoms with van der Waals surface area (Å²) in [5.74, 6) is -4.19. The minimum Gasteiger partial charge on any atom is -0.481 e. The van der Waals surface area contributed by atoms with Gasteiger partial charge in [-0.25, -0.2) is 0 Å². The summed E-state index contributed by atoms with van der Waals surface area (Å²) in [6.45, 7) is 1.28. The molecule has 1 heterocycles. The number of alkyl halides is 3. The fourth-order valence-electron chi connectivity index (χ4n) is 2.56. The molecule has 0 saturated carbocycles. The molecule has 0 spiro atoms. The predicted molar refractivity (Wildman–Crippen MR) is 68.8 cm³/mol. The molecule has 6 heteroatoms. The second-order valence-corrected chi connectivity index (χ2v) is 5.10. The fourth-order valence-corrected chi connectivity index (χ4v) is 2.56. The van der Waals surface area contributed by atoms with E-state index in [1.54, 1.807) is 17.0 Å². The maximum absolute atomic E-state index is 12.8. The van der Waals surface area contributed by atoms with E-state index in [0.717, 1.165) is 18.4 Å². The van der Waals surface area contributed by atoms with E-state index in [1.165, 1.54) is 0 Å². The second-order valence-electron chi connectivity index (χ2n) is 5.10. The number of benzene rings is 1. The number of carboxylic acid groups (broad SMARTS) is 1. The van der Waals surface area contributed by atoms with Crippen molar-refractivity contribution in [1.82, 2.24) is 0 Å². The number of carboxylic acids is 1. The molecule has 1 aromatic carbocycles. The lowest BCUT2D eigenvalue weighted by atomic mass is 9.95. The molecule has 1 N–H and O–H groups in total. The highest BCUT2D eigenvalue weighted by atomic mass is 19.4. The average molecular weight is 287 g/mol. The van der Waals surface area contributed by atoms with Crippen molar-refractivity contribution in [3.8, 4) is 0 Å². The molecule has 2 unspecified atom stereocenters. The van der Waals surface area contributed by atoms with Crippen molar-refractivity contribution in [2.24, 2.45) is 5.92 Å². The standard InChI is InChI=1S/C14H16F3NO2/c1-9-6-7-10-4-2-3-5-12(10)18(9)8-11(13(19)20)14(15,16)17/h2-5,9,11H,6-8H2,1H3,(H,19,20). The van der Waals surface area contributed by atoms with E-state index in [1.807, 2.05) is 19.1 Å². The van der Waals surface area contributed by atoms with Gasteiger partial charge in [0.1, 0.15) is 0 Å². The zero-order valence-electron chi connectivity index (χ0n) is 11.0. The Morgan fingerprint density at radius 1 is 1.45 bits per heavy atom. The van der Waals surface area contributed by atoms with E-state index in [9.17, 15) is 18.0 Å². The summed E-state index contributed by atoms with van der Waals surface area (Å²) in [5, 5.41) is 8.83. The van der Waals surface area contributed by atoms with Crippen LogP contribution in [-0.4, -0.2) is 29.8 Å². The molecule has 0 fully saturated rings. The van der Waals surface area contributed by atoms with Gasteiger partial charge in [0.25, 0.3) is 0 Å². The van der Waals surface area contributed by atoms with Gasteiger partial charge >= 0.3 is 12.1 Å². The Labute approximate surface area is 115 Å². The van der Waals surface area contributed by atoms with Crippen molar-refractivity contribution in [2.45, 2.75) is 32.0 Å². The van der Waals surface area contributed by atoms with Gasteiger partial charge in [0, 0.05) is 18.3 Å². The first-order chi connectivity index (χ1) is 9.30. The number of aryl methyl sites for hydroxylation is 1. The normalized spacial score (nSPS) is 20.4. The third-order valence-corrected chi connectivity index (χ3v) is 3.74. The van der Waals surface area contributed by atoms with Gasteiger partial charge in [-0.1, -0.05) is 18.2 Å². The molecule has 0 aromatic heterocycles. The number of para-hydroxylation sites is 1. The van der Waals surface area contributed by atoms with E-state index < -0.39 is 24.6 Å². The van der Waals surface area contributed by atoms with Crippen LogP contribution in [-0.2, 0) is 11.2 Å². The van der Waals surface area contributed by atoms with Gasteiger partial charge in [0.05, 0.1) is 0 Å². The van der Waals surface area contributed by atoms with Crippen LogP contribution in [0.25, 0.3) is 0 Å². The zero-order valence-corrected chi connectivity index (χ0v) is 11.0. The van der Waals surface area contributed by atoms with Crippen LogP contribution in [0.15, 0.2) is 24.3 Å². The van der Waals surface area contributed by atoms with E-state index in [4.69, 9.17) is 5.11 Å². The Bertz CT molecular complexity index is 501. The molecule has 3 nitrogen and oxygen atoms in total. The lowest BCUT2D eigenvalue weighted by Crippen LogP contribution is -2.46. The first-order valence-corrected chi connectivity index (χ1v) is 6.44. The number of rotatable bonds is 3. The smallest absolute Gasteiger partial charge is 0.403 e. The van der Waals surface area contributed by atoms with Crippen molar-refractivity contribution >= 4 is 11.7 Å². The van der Waals surface area contributed by atoms with Crippen molar-refractivity contribution < 1.29 is 23.1 Å². The molecule has 1 aliphatic rings. The molecule has 20 heavy (non-hydrogen) atoms. The molecule has 0 amide bonds. The molecule has 2 atom stereocenters. The van der Waals surface area contributed by atoms with Crippen molar-refractivity contribution in [2.75, 3.05) is 11.4 Å². The topological polar surface area (TPSA) is 40.5 Å². The number of nitrogens with zero attached hydrogens (tertiary/aromatic N) is 1. The summed E-state index contributed by atoms with van der Waals surface area (Å²) in [5.41, 5.74) is 1.68. The Morgan fingerprint density at radius 2 is 2.10 bits per heavy atom. The van der Waals surface area contributed by atoms with Gasteiger partial charge in [0.15, 0.2) is 5.92 Å². The van der Waals surface area contributed by atoms with Crippen LogP contribution in [0.5, 0.6) is 0 Å². The number of halogens is 3. The third-order valence-electron chi connectivity index (χ3n) is 3.74. The van der Waals surface area contributed by atoms with E-state index in [0.29, 0.717) is 5.69 Å². The number of carbonyl (C=O) groups is 1. The summed E-state index contributed by atoms with van der Waals surface area (Å²) in [6.07, 6.45) is -3.21. The summed E-state index contributed by atoms with van der Waals surface area (Å²) in [4.78, 5) is 12.5. The fraction of sp³-hybridized carbons (Fsp3) is 0.500. The predicted octanol–water partition coefficient (Wildman–Crippen LogP) is 3.09. The van der Waals surface area contributed by atoms with Crippen LogP contribution in [0.1, 0.15) is 18.9 Å². The molecule has 0 bridgehead atoms. The van der Waals surface area contributed by atoms with Gasteiger partial charge in [-0.3, -0.25) is 4.79 Å². The number of aliphatic carboxylic acids is 1. The molecule has 2 rings (SSSR count). The van der Waals surface area contributed by atoms with Crippen molar-refractivity contribution in [3.05, 3.63) is 29.8 Å². The Hall–Kier alpha value is -1.72. The van der Waals surface area contributed by atoms with Crippen molar-refractivity contribution in [1.29, 1.82) is 0 Å². The molecule has 1 aliphatic heterocycles. The Kier molecular flexibility index (Phi) is 3.92. The lowest BCUT2D eigenvalue weighted by molar-refractivity contribution is -0.191. The van der Waals surface area contributed by atoms with Gasteiger partial charge in [-0.15, -0.1) is 0 Å². The largest absolute Gasteiger partial charge is 0.481 e. The van der Waals surface area contributed by atoms with Gasteiger partial charge in [0.2, 0.25) is 0 Å². The van der Waals surface area contributed by atoms with Gasteiger partial charge in [-0.2, -0.15) is 13.2 Å². The van der Waals surface area contributed by atoms with Crippen LogP contribution in [0, 0.1) is 5.92 Å². The van der Waals surface area contributed by atoms with Gasteiger partial charge < -0.3 is 10.0 Å². The third kappa shape index (κ3) is 2.89. The number of hydrogen-bond acceptors (Lipinski definition) is 2. The van der Waals surface area contributed by atoms with E-state index in [-0.39, 0.29) is 6.04 Å². The second kappa shape index (κ2) is 5.34. The number of fused-ring (bicyclic) bond motifs is 1. The molecular weight excluding hydrogens is 271 g/mol. The molecule has 0 aliphatic carbocycles. The van der Waals surface area contributed by atoms with E-state index >= 15 is 0 Å². The van der Waals surface area contributed by atoms with Crippen molar-refractivity contribution in [3.63, 3.8) is 0 Å². The lowest BCUT2D eigenvalue weighted by Gasteiger charge is -2.38. The molecule has 0 radical (unpaired) electrons. The van der Waals surface area contributed by atoms with Gasteiger partial charge in [-0.05, 0) is 31.4 Å². The first-order valence-electron chi connectivity index (χ1n) is 6.44. The molecule has 0 saturated heterocycles. The average Bonchev–Trinajstić information content (AvgIpc) is 2.35. The summed E-state index contributed by atoms with van der Waals surface area (Å²) < 4.78 is 38.5. The first kappa shape index (κ1) is 14.7. The molecule has 1 aromatic rings. The van der Waals surface area contributed by atoms with Crippen LogP contribution < -0.4 is 4.90 Å². The highest BCUT2D eigenvalue weighted by Crippen LogP contribution is 2.34. The highest BCUT2D eigenvalue weighted by molar-refractivity contribution is 5.72. The summed E-state index contributed by atoms with van der Waals surface area (Å²) in [7, 11) is 0. The van der Waals surface area contributed by atoms with Crippen LogP contribution in [0.2, 0.25) is 0 Å². The minimum atomic E-state index is -4.74. The quantitative estimate of drug-likeness (QED) is 0.928. The highest BCUT2D eigenvalue weighted by Gasteiger charge is 2.46. The number of hydrogen-bond donors (Lipinski definition) is 1. The maximum atomic E-state index is 12.8. The van der Waals surface area contributed by atoms with Crippen LogP contribution in [0.4, 0.5) is 18.9 Å². The van der Waals surface area contributed by atoms with E-state index in [2.05, 4.69) is 0 Å². The minimum absolute atomic E-state index is 0.103.